The summed E-state index contributed by atoms with van der Waals surface area (Å²) < 4.78 is 29.6. The molecular formula is C14H26N4O2S. The smallest absolute Gasteiger partial charge is 0.259 e. The van der Waals surface area contributed by atoms with Crippen LogP contribution in [0.1, 0.15) is 44.9 Å². The van der Waals surface area contributed by atoms with Gasteiger partial charge in [-0.3, -0.25) is 0 Å². The fourth-order valence-corrected chi connectivity index (χ4v) is 4.36. The van der Waals surface area contributed by atoms with Crippen LogP contribution in [0.25, 0.3) is 0 Å². The summed E-state index contributed by atoms with van der Waals surface area (Å²) in [6, 6.07) is -0.186. The van der Waals surface area contributed by atoms with E-state index in [1.165, 1.54) is 0 Å². The monoisotopic (exact) mass is 314 g/mol. The minimum Gasteiger partial charge on any atom is -0.334 e. The Kier molecular flexibility index (Phi) is 5.40. The number of aromatic nitrogens is 2. The zero-order valence-corrected chi connectivity index (χ0v) is 13.7. The maximum atomic E-state index is 12.5. The Morgan fingerprint density at radius 1 is 1.48 bits per heavy atom. The Morgan fingerprint density at radius 3 is 2.71 bits per heavy atom. The lowest BCUT2D eigenvalue weighted by molar-refractivity contribution is 0.405. The highest BCUT2D eigenvalue weighted by molar-refractivity contribution is 7.89. The lowest BCUT2D eigenvalue weighted by Gasteiger charge is -2.22. The third-order valence-electron chi connectivity index (χ3n) is 4.22. The molecule has 0 aliphatic heterocycles. The number of rotatable bonds is 7. The maximum absolute atomic E-state index is 12.5. The molecular weight excluding hydrogens is 288 g/mol. The summed E-state index contributed by atoms with van der Waals surface area (Å²) in [5.74, 6) is 1.07. The van der Waals surface area contributed by atoms with E-state index >= 15 is 0 Å². The fraction of sp³-hybridized carbons (Fsp3) is 0.786. The molecule has 120 valence electrons. The quantitative estimate of drug-likeness (QED) is 0.796. The number of hydrogen-bond donors (Lipinski definition) is 2. The van der Waals surface area contributed by atoms with Gasteiger partial charge in [0.15, 0.2) is 5.03 Å². The maximum Gasteiger partial charge on any atom is 0.259 e. The Balaban J connectivity index is 2.14. The van der Waals surface area contributed by atoms with Crippen LogP contribution in [0.3, 0.4) is 0 Å². The van der Waals surface area contributed by atoms with Crippen molar-refractivity contribution in [1.29, 1.82) is 0 Å². The van der Waals surface area contributed by atoms with Crippen molar-refractivity contribution in [3.8, 4) is 0 Å². The van der Waals surface area contributed by atoms with Gasteiger partial charge in [-0.1, -0.05) is 19.8 Å². The summed E-state index contributed by atoms with van der Waals surface area (Å²) in [6.07, 6.45) is 6.97. The van der Waals surface area contributed by atoms with E-state index in [1.807, 2.05) is 11.5 Å². The minimum atomic E-state index is -3.59. The lowest BCUT2D eigenvalue weighted by atomic mass is 9.99. The van der Waals surface area contributed by atoms with Crippen LogP contribution in [-0.2, 0) is 16.6 Å². The minimum absolute atomic E-state index is 0.102. The molecule has 1 aromatic rings. The van der Waals surface area contributed by atoms with Gasteiger partial charge in [0.25, 0.3) is 10.0 Å². The number of nitrogens with one attached hydrogen (secondary N) is 1. The first-order valence-electron chi connectivity index (χ1n) is 7.74. The average Bonchev–Trinajstić information content (AvgIpc) is 3.07. The molecule has 0 amide bonds. The molecule has 7 heteroatoms. The molecule has 1 heterocycles. The Morgan fingerprint density at radius 2 is 2.14 bits per heavy atom. The fourth-order valence-electron chi connectivity index (χ4n) is 3.03. The van der Waals surface area contributed by atoms with Crippen molar-refractivity contribution >= 4 is 10.0 Å². The van der Waals surface area contributed by atoms with Gasteiger partial charge < -0.3 is 10.3 Å². The molecule has 1 saturated carbocycles. The molecule has 1 aromatic heterocycles. The van der Waals surface area contributed by atoms with E-state index < -0.39 is 10.0 Å². The van der Waals surface area contributed by atoms with Crippen LogP contribution in [0.2, 0.25) is 0 Å². The van der Waals surface area contributed by atoms with Crippen LogP contribution in [0, 0.1) is 12.8 Å². The molecule has 0 radical (unpaired) electrons. The first-order chi connectivity index (χ1) is 9.97. The molecule has 21 heavy (non-hydrogen) atoms. The number of sulfonamides is 1. The van der Waals surface area contributed by atoms with Crippen LogP contribution in [0.5, 0.6) is 0 Å². The molecule has 1 atom stereocenters. The molecule has 1 fully saturated rings. The van der Waals surface area contributed by atoms with Gasteiger partial charge in [-0.05, 0) is 32.1 Å². The number of imidazole rings is 1. The third kappa shape index (κ3) is 3.84. The number of nitrogens with two attached hydrogens (primary N) is 1. The Bertz CT molecular complexity index is 562. The third-order valence-corrected chi connectivity index (χ3v) is 5.58. The second kappa shape index (κ2) is 6.89. The van der Waals surface area contributed by atoms with Crippen molar-refractivity contribution in [2.45, 2.75) is 63.6 Å². The van der Waals surface area contributed by atoms with Crippen molar-refractivity contribution in [1.82, 2.24) is 14.3 Å². The predicted molar refractivity (Wildman–Crippen MR) is 82.4 cm³/mol. The van der Waals surface area contributed by atoms with Gasteiger partial charge >= 0.3 is 0 Å². The van der Waals surface area contributed by atoms with E-state index in [0.29, 0.717) is 12.5 Å². The summed E-state index contributed by atoms with van der Waals surface area (Å²) in [5, 5.41) is 0.102. The second-order valence-electron chi connectivity index (χ2n) is 5.83. The molecule has 3 N–H and O–H groups in total. The number of nitrogens with zero attached hydrogens (tertiary/aromatic N) is 2. The van der Waals surface area contributed by atoms with Gasteiger partial charge in [-0.25, -0.2) is 18.1 Å². The molecule has 0 spiro atoms. The zero-order chi connectivity index (χ0) is 15.5. The van der Waals surface area contributed by atoms with E-state index in [4.69, 9.17) is 5.73 Å². The summed E-state index contributed by atoms with van der Waals surface area (Å²) in [4.78, 5) is 4.19. The largest absolute Gasteiger partial charge is 0.334 e. The van der Waals surface area contributed by atoms with Gasteiger partial charge in [-0.2, -0.15) is 0 Å². The molecule has 2 rings (SSSR count). The first kappa shape index (κ1) is 16.5. The molecule has 6 nitrogen and oxygen atoms in total. The van der Waals surface area contributed by atoms with Gasteiger partial charge in [0.1, 0.15) is 5.82 Å². The van der Waals surface area contributed by atoms with E-state index in [0.717, 1.165) is 44.5 Å². The van der Waals surface area contributed by atoms with Crippen molar-refractivity contribution in [2.75, 3.05) is 6.54 Å². The van der Waals surface area contributed by atoms with E-state index in [-0.39, 0.29) is 11.1 Å². The van der Waals surface area contributed by atoms with Gasteiger partial charge in [0.05, 0.1) is 0 Å². The lowest BCUT2D eigenvalue weighted by Crippen LogP contribution is -2.44. The normalized spacial score (nSPS) is 18.2. The first-order valence-corrected chi connectivity index (χ1v) is 9.22. The van der Waals surface area contributed by atoms with Crippen LogP contribution < -0.4 is 10.5 Å². The highest BCUT2D eigenvalue weighted by atomic mass is 32.2. The summed E-state index contributed by atoms with van der Waals surface area (Å²) in [5.41, 5.74) is 5.77. The molecule has 1 aliphatic carbocycles. The molecule has 1 aliphatic rings. The van der Waals surface area contributed by atoms with Gasteiger partial charge in [0.2, 0.25) is 0 Å². The van der Waals surface area contributed by atoms with Crippen LogP contribution in [0.15, 0.2) is 11.2 Å². The topological polar surface area (TPSA) is 90.0 Å². The Hall–Kier alpha value is -0.920. The number of aryl methyl sites for hydroxylation is 2. The van der Waals surface area contributed by atoms with Gasteiger partial charge in [-0.15, -0.1) is 0 Å². The molecule has 1 unspecified atom stereocenters. The zero-order valence-electron chi connectivity index (χ0n) is 12.9. The Labute approximate surface area is 127 Å². The average molecular weight is 314 g/mol. The SMILES string of the molecule is CCCn1cc(S(=O)(=O)NC(CN)C2CCCC2)nc1C. The van der Waals surface area contributed by atoms with Crippen molar-refractivity contribution in [2.24, 2.45) is 11.7 Å². The van der Waals surface area contributed by atoms with Gasteiger partial charge in [0, 0.05) is 25.3 Å². The molecule has 0 saturated heterocycles. The standard InChI is InChI=1S/C14H26N4O2S/c1-3-8-18-10-14(16-11(18)2)21(19,20)17-13(9-15)12-6-4-5-7-12/h10,12-13,17H,3-9,15H2,1-2H3. The van der Waals surface area contributed by atoms with Crippen LogP contribution in [-0.4, -0.2) is 30.6 Å². The van der Waals surface area contributed by atoms with Crippen molar-refractivity contribution < 1.29 is 8.42 Å². The highest BCUT2D eigenvalue weighted by Gasteiger charge is 2.29. The van der Waals surface area contributed by atoms with Crippen molar-refractivity contribution in [3.05, 3.63) is 12.0 Å². The van der Waals surface area contributed by atoms with E-state index in [2.05, 4.69) is 16.6 Å². The van der Waals surface area contributed by atoms with Crippen LogP contribution >= 0.6 is 0 Å². The summed E-state index contributed by atoms with van der Waals surface area (Å²) in [6.45, 7) is 4.98. The predicted octanol–water partition coefficient (Wildman–Crippen LogP) is 1.40. The van der Waals surface area contributed by atoms with E-state index in [1.54, 1.807) is 6.20 Å². The van der Waals surface area contributed by atoms with Crippen LogP contribution in [0.4, 0.5) is 0 Å². The number of hydrogen-bond acceptors (Lipinski definition) is 4. The second-order valence-corrected chi connectivity index (χ2v) is 7.49. The molecule has 0 aromatic carbocycles. The van der Waals surface area contributed by atoms with Crippen molar-refractivity contribution in [3.63, 3.8) is 0 Å². The molecule has 0 bridgehead atoms. The summed E-state index contributed by atoms with van der Waals surface area (Å²) in [7, 11) is -3.59. The summed E-state index contributed by atoms with van der Waals surface area (Å²) >= 11 is 0. The van der Waals surface area contributed by atoms with E-state index in [9.17, 15) is 8.42 Å². The highest BCUT2D eigenvalue weighted by Crippen LogP contribution is 2.28.